The van der Waals surface area contributed by atoms with Crippen LogP contribution in [0.3, 0.4) is 0 Å². The molecule has 4 rings (SSSR count). The second-order valence-electron chi connectivity index (χ2n) is 8.76. The van der Waals surface area contributed by atoms with E-state index in [1.54, 1.807) is 44.6 Å². The van der Waals surface area contributed by atoms with Gasteiger partial charge in [0.15, 0.2) is 5.71 Å². The Bertz CT molecular complexity index is 1400. The first-order chi connectivity index (χ1) is 16.2. The summed E-state index contributed by atoms with van der Waals surface area (Å²) in [7, 11) is -0.367. The van der Waals surface area contributed by atoms with Crippen molar-refractivity contribution in [1.82, 2.24) is 0 Å². The van der Waals surface area contributed by atoms with Crippen molar-refractivity contribution in [3.63, 3.8) is 0 Å². The van der Waals surface area contributed by atoms with Gasteiger partial charge in [0, 0.05) is 22.8 Å². The molecule has 176 valence electrons. The predicted molar refractivity (Wildman–Crippen MR) is 135 cm³/mol. The largest absolute Gasteiger partial charge is 0.497 e. The molecule has 0 unspecified atom stereocenters. The van der Waals surface area contributed by atoms with Crippen LogP contribution < -0.4 is 9.47 Å². The molecule has 1 aliphatic heterocycles. The van der Waals surface area contributed by atoms with Gasteiger partial charge in [0.25, 0.3) is 0 Å². The van der Waals surface area contributed by atoms with Gasteiger partial charge in [0.05, 0.1) is 29.4 Å². The third-order valence-electron chi connectivity index (χ3n) is 6.49. The van der Waals surface area contributed by atoms with Gasteiger partial charge >= 0.3 is 0 Å². The fourth-order valence-corrected chi connectivity index (χ4v) is 6.09. The van der Waals surface area contributed by atoms with E-state index < -0.39 is 15.3 Å². The summed E-state index contributed by atoms with van der Waals surface area (Å²) in [5.41, 5.74) is 4.10. The lowest BCUT2D eigenvalue weighted by Crippen LogP contribution is -2.30. The highest BCUT2D eigenvalue weighted by molar-refractivity contribution is 7.91. The number of hydrogen-bond acceptors (Lipinski definition) is 4. The van der Waals surface area contributed by atoms with E-state index in [-0.39, 0.29) is 9.79 Å². The highest BCUT2D eigenvalue weighted by atomic mass is 32.2. The van der Waals surface area contributed by atoms with E-state index in [1.807, 2.05) is 36.4 Å². The van der Waals surface area contributed by atoms with Crippen molar-refractivity contribution >= 4 is 26.8 Å². The summed E-state index contributed by atoms with van der Waals surface area (Å²) in [6.07, 6.45) is 0. The maximum absolute atomic E-state index is 13.3. The normalized spacial score (nSPS) is 14.6. The molecule has 0 N–H and O–H groups in total. The second-order valence-corrected chi connectivity index (χ2v) is 10.7. The van der Waals surface area contributed by atoms with Gasteiger partial charge in [-0.2, -0.15) is 4.58 Å². The van der Waals surface area contributed by atoms with E-state index in [0.717, 1.165) is 28.1 Å². The van der Waals surface area contributed by atoms with E-state index in [0.29, 0.717) is 18.0 Å². The number of sulfone groups is 1. The number of hydrogen-bond donors (Lipinski definition) is 0. The van der Waals surface area contributed by atoms with Gasteiger partial charge in [0.1, 0.15) is 18.0 Å². The smallest absolute Gasteiger partial charge is 0.209 e. The predicted octanol–water partition coefficient (Wildman–Crippen LogP) is 5.65. The van der Waals surface area contributed by atoms with Crippen LogP contribution in [0.5, 0.6) is 11.5 Å². The van der Waals surface area contributed by atoms with E-state index in [9.17, 15) is 8.42 Å². The molecule has 0 spiro atoms. The number of nitrogens with zero attached hydrogens (tertiary/aromatic N) is 1. The summed E-state index contributed by atoms with van der Waals surface area (Å²) in [6, 6.07) is 19.6. The molecule has 0 fully saturated rings. The summed E-state index contributed by atoms with van der Waals surface area (Å²) in [4.78, 5) is 0.570. The van der Waals surface area contributed by atoms with E-state index in [2.05, 4.69) is 31.9 Å². The first-order valence-electron chi connectivity index (χ1n) is 11.2. The van der Waals surface area contributed by atoms with Crippen LogP contribution in [0.1, 0.15) is 31.9 Å². The summed E-state index contributed by atoms with van der Waals surface area (Å²) in [5.74, 6) is 1.42. The molecular weight excluding hydrogens is 446 g/mol. The molecule has 0 atom stereocenters. The maximum Gasteiger partial charge on any atom is 0.209 e. The second kappa shape index (κ2) is 8.76. The summed E-state index contributed by atoms with van der Waals surface area (Å²) in [5, 5.41) is 0. The first-order valence-corrected chi connectivity index (χ1v) is 12.7. The molecule has 0 bridgehead atoms. The fraction of sp³-hybridized carbons (Fsp3) is 0.250. The quantitative estimate of drug-likeness (QED) is 0.414. The first kappa shape index (κ1) is 23.8. The lowest BCUT2D eigenvalue weighted by Gasteiger charge is -2.21. The van der Waals surface area contributed by atoms with Crippen LogP contribution in [0.4, 0.5) is 5.69 Å². The minimum absolute atomic E-state index is 0.285. The van der Waals surface area contributed by atoms with Crippen LogP contribution in [0.25, 0.3) is 5.57 Å². The zero-order valence-electron chi connectivity index (χ0n) is 20.3. The monoisotopic (exact) mass is 476 g/mol. The molecule has 1 aliphatic rings. The van der Waals surface area contributed by atoms with E-state index >= 15 is 0 Å². The molecule has 0 aromatic heterocycles. The van der Waals surface area contributed by atoms with Crippen LogP contribution in [0.15, 0.2) is 83.1 Å². The molecule has 1 heterocycles. The Balaban J connectivity index is 1.86. The van der Waals surface area contributed by atoms with Crippen molar-refractivity contribution in [3.8, 4) is 11.5 Å². The molecule has 3 aromatic carbocycles. The van der Waals surface area contributed by atoms with Crippen molar-refractivity contribution in [2.75, 3.05) is 20.8 Å². The molecule has 34 heavy (non-hydrogen) atoms. The SMILES string of the molecule is C=C(C1=[N+](CC)c2ccc(S(=O)(=O)c3ccccc3)cc2C1(C)C)c1cc(OC)ccc1OC. The fourth-order valence-electron chi connectivity index (χ4n) is 4.79. The maximum atomic E-state index is 13.3. The van der Waals surface area contributed by atoms with Crippen molar-refractivity contribution in [2.24, 2.45) is 0 Å². The molecule has 0 radical (unpaired) electrons. The van der Waals surface area contributed by atoms with Crippen LogP contribution in [0, 0.1) is 0 Å². The average molecular weight is 477 g/mol. The zero-order chi connectivity index (χ0) is 24.7. The van der Waals surface area contributed by atoms with Crippen LogP contribution in [-0.2, 0) is 15.3 Å². The Labute approximate surface area is 201 Å². The number of methoxy groups -OCH3 is 2. The third kappa shape index (κ3) is 3.72. The number of rotatable bonds is 7. The highest BCUT2D eigenvalue weighted by Crippen LogP contribution is 2.45. The molecule has 0 saturated carbocycles. The van der Waals surface area contributed by atoms with Crippen molar-refractivity contribution < 1.29 is 22.5 Å². The van der Waals surface area contributed by atoms with Crippen LogP contribution >= 0.6 is 0 Å². The summed E-state index contributed by atoms with van der Waals surface area (Å²) in [6.45, 7) is 11.5. The number of allylic oxidation sites excluding steroid dienone is 1. The standard InChI is InChI=1S/C28H30NO4S/c1-7-29-25-15-14-22(34(30,31)21-11-9-8-10-12-21)18-24(25)28(3,4)27(29)19(2)23-17-20(32-5)13-16-26(23)33-6/h8-18H,2,7H2,1,3-6H3/q+1. The lowest BCUT2D eigenvalue weighted by atomic mass is 9.77. The summed E-state index contributed by atoms with van der Waals surface area (Å²) >= 11 is 0. The van der Waals surface area contributed by atoms with Gasteiger partial charge in [-0.3, -0.25) is 0 Å². The van der Waals surface area contributed by atoms with E-state index in [4.69, 9.17) is 9.47 Å². The molecule has 0 saturated heterocycles. The van der Waals surface area contributed by atoms with Crippen molar-refractivity contribution in [1.29, 1.82) is 0 Å². The molecule has 6 heteroatoms. The molecule has 3 aromatic rings. The molecular formula is C28H30NO4S+. The Hall–Kier alpha value is -3.38. The molecule has 0 amide bonds. The summed E-state index contributed by atoms with van der Waals surface area (Å²) < 4.78 is 39.9. The van der Waals surface area contributed by atoms with Crippen molar-refractivity contribution in [2.45, 2.75) is 36.0 Å². The Morgan fingerprint density at radius 3 is 2.26 bits per heavy atom. The minimum Gasteiger partial charge on any atom is -0.497 e. The minimum atomic E-state index is -3.63. The van der Waals surface area contributed by atoms with Gasteiger partial charge in [-0.15, -0.1) is 0 Å². The lowest BCUT2D eigenvalue weighted by molar-refractivity contribution is -0.432. The number of fused-ring (bicyclic) bond motifs is 1. The van der Waals surface area contributed by atoms with Crippen molar-refractivity contribution in [3.05, 3.63) is 84.4 Å². The van der Waals surface area contributed by atoms with Gasteiger partial charge in [0.2, 0.25) is 15.5 Å². The number of benzene rings is 3. The van der Waals surface area contributed by atoms with Crippen LogP contribution in [0.2, 0.25) is 0 Å². The Morgan fingerprint density at radius 2 is 1.65 bits per heavy atom. The Kier molecular flexibility index (Phi) is 6.13. The van der Waals surface area contributed by atoms with Gasteiger partial charge in [-0.1, -0.05) is 24.8 Å². The molecule has 0 aliphatic carbocycles. The number of ether oxygens (including phenoxy) is 2. The highest BCUT2D eigenvalue weighted by Gasteiger charge is 2.47. The average Bonchev–Trinajstić information content (AvgIpc) is 3.09. The topological polar surface area (TPSA) is 55.6 Å². The van der Waals surface area contributed by atoms with Crippen LogP contribution in [-0.4, -0.2) is 39.5 Å². The zero-order valence-corrected chi connectivity index (χ0v) is 21.1. The van der Waals surface area contributed by atoms with Gasteiger partial charge < -0.3 is 9.47 Å². The molecule has 5 nitrogen and oxygen atoms in total. The van der Waals surface area contributed by atoms with Gasteiger partial charge in [-0.25, -0.2) is 8.42 Å². The Morgan fingerprint density at radius 1 is 0.941 bits per heavy atom. The van der Waals surface area contributed by atoms with Gasteiger partial charge in [-0.05, 0) is 63.2 Å². The third-order valence-corrected chi connectivity index (χ3v) is 8.26. The van der Waals surface area contributed by atoms with E-state index in [1.165, 1.54) is 0 Å².